The monoisotopic (exact) mass is 434 g/mol. The molecular formula is C21H24BrClN2O. The van der Waals surface area contributed by atoms with Crippen LogP contribution in [0.2, 0.25) is 5.02 Å². The summed E-state index contributed by atoms with van der Waals surface area (Å²) in [6, 6.07) is 15.2. The lowest BCUT2D eigenvalue weighted by molar-refractivity contribution is 0.569. The summed E-state index contributed by atoms with van der Waals surface area (Å²) in [6.07, 6.45) is 0. The van der Waals surface area contributed by atoms with E-state index in [9.17, 15) is 4.79 Å². The molecule has 3 nitrogen and oxygen atoms in total. The Morgan fingerprint density at radius 3 is 2.38 bits per heavy atom. The quantitative estimate of drug-likeness (QED) is 0.456. The maximum absolute atomic E-state index is 13.1. The van der Waals surface area contributed by atoms with E-state index in [2.05, 4.69) is 29.8 Å². The van der Waals surface area contributed by atoms with Crippen LogP contribution in [0, 0.1) is 5.92 Å². The van der Waals surface area contributed by atoms with E-state index in [0.717, 1.165) is 11.4 Å². The van der Waals surface area contributed by atoms with Gasteiger partial charge in [0.1, 0.15) is 5.82 Å². The van der Waals surface area contributed by atoms with Crippen molar-refractivity contribution in [3.63, 3.8) is 0 Å². The van der Waals surface area contributed by atoms with Gasteiger partial charge in [-0.05, 0) is 29.7 Å². The van der Waals surface area contributed by atoms with Crippen molar-refractivity contribution in [3.05, 3.63) is 75.3 Å². The molecule has 3 aromatic rings. The number of aromatic nitrogens is 2. The molecule has 0 saturated heterocycles. The Hall–Kier alpha value is -1.65. The van der Waals surface area contributed by atoms with Crippen molar-refractivity contribution in [2.24, 2.45) is 5.92 Å². The number of halogens is 2. The first-order chi connectivity index (χ1) is 12.5. The molecule has 0 aliphatic rings. The average Bonchev–Trinajstić information content (AvgIpc) is 2.65. The summed E-state index contributed by atoms with van der Waals surface area (Å²) in [6.45, 7) is 8.69. The molecule has 1 aromatic heterocycles. The van der Waals surface area contributed by atoms with Gasteiger partial charge in [-0.3, -0.25) is 9.36 Å². The van der Waals surface area contributed by atoms with Crippen LogP contribution in [0.25, 0.3) is 10.9 Å². The normalized spacial score (nSPS) is 12.0. The molecule has 1 heterocycles. The van der Waals surface area contributed by atoms with Crippen molar-refractivity contribution in [2.45, 2.75) is 39.1 Å². The lowest BCUT2D eigenvalue weighted by atomic mass is 10.1. The summed E-state index contributed by atoms with van der Waals surface area (Å²) < 4.78 is 1.75. The fraction of sp³-hybridized carbons (Fsp3) is 0.333. The standard InChI is InChI=1S/C19H18BrClN2O.C2H6/c1-12(2)17(20)18-22-16-10-14(21)8-9-15(16)19(24)23(18)11-13-6-4-3-5-7-13;1-2/h3-10,12,17H,11H2,1-2H3;1-2H3. The number of rotatable bonds is 4. The molecule has 1 atom stereocenters. The Balaban J connectivity index is 0.00000117. The van der Waals surface area contributed by atoms with Gasteiger partial charge in [0.05, 0.1) is 22.3 Å². The number of fused-ring (bicyclic) bond motifs is 1. The second-order valence-corrected chi connectivity index (χ2v) is 7.58. The first-order valence-corrected chi connectivity index (χ1v) is 10.1. The number of hydrogen-bond acceptors (Lipinski definition) is 2. The van der Waals surface area contributed by atoms with Crippen LogP contribution in [0.3, 0.4) is 0 Å². The maximum atomic E-state index is 13.1. The smallest absolute Gasteiger partial charge is 0.261 e. The van der Waals surface area contributed by atoms with E-state index < -0.39 is 0 Å². The van der Waals surface area contributed by atoms with Gasteiger partial charge in [0.2, 0.25) is 0 Å². The second kappa shape index (κ2) is 9.33. The van der Waals surface area contributed by atoms with Crippen LogP contribution in [0.4, 0.5) is 0 Å². The number of alkyl halides is 1. The van der Waals surface area contributed by atoms with Gasteiger partial charge in [-0.2, -0.15) is 0 Å². The third-order valence-corrected chi connectivity index (χ3v) is 5.66. The Morgan fingerprint density at radius 2 is 1.77 bits per heavy atom. The van der Waals surface area contributed by atoms with Crippen LogP contribution in [0.15, 0.2) is 53.3 Å². The highest BCUT2D eigenvalue weighted by Crippen LogP contribution is 2.30. The Kier molecular flexibility index (Phi) is 7.42. The van der Waals surface area contributed by atoms with Crippen molar-refractivity contribution < 1.29 is 0 Å². The molecule has 138 valence electrons. The molecule has 0 saturated carbocycles. The van der Waals surface area contributed by atoms with Gasteiger partial charge in [0.25, 0.3) is 5.56 Å². The van der Waals surface area contributed by atoms with Gasteiger partial charge >= 0.3 is 0 Å². The molecule has 0 aliphatic carbocycles. The predicted molar refractivity (Wildman–Crippen MR) is 114 cm³/mol. The number of benzene rings is 2. The van der Waals surface area contributed by atoms with E-state index in [1.807, 2.05) is 44.2 Å². The molecule has 3 rings (SSSR count). The van der Waals surface area contributed by atoms with Gasteiger partial charge in [0, 0.05) is 5.02 Å². The van der Waals surface area contributed by atoms with E-state index in [-0.39, 0.29) is 10.4 Å². The van der Waals surface area contributed by atoms with E-state index in [4.69, 9.17) is 16.6 Å². The lowest BCUT2D eigenvalue weighted by Gasteiger charge is -2.20. The summed E-state index contributed by atoms with van der Waals surface area (Å²) in [4.78, 5) is 17.8. The minimum absolute atomic E-state index is 0.0164. The van der Waals surface area contributed by atoms with Gasteiger partial charge < -0.3 is 0 Å². The Morgan fingerprint density at radius 1 is 1.12 bits per heavy atom. The van der Waals surface area contributed by atoms with Crippen LogP contribution in [-0.2, 0) is 6.54 Å². The molecule has 0 aliphatic heterocycles. The maximum Gasteiger partial charge on any atom is 0.261 e. The van der Waals surface area contributed by atoms with Crippen LogP contribution >= 0.6 is 27.5 Å². The third kappa shape index (κ3) is 4.54. The first-order valence-electron chi connectivity index (χ1n) is 8.85. The molecule has 26 heavy (non-hydrogen) atoms. The van der Waals surface area contributed by atoms with Crippen molar-refractivity contribution in [1.82, 2.24) is 9.55 Å². The highest BCUT2D eigenvalue weighted by molar-refractivity contribution is 9.09. The molecule has 5 heteroatoms. The van der Waals surface area contributed by atoms with Crippen LogP contribution in [-0.4, -0.2) is 9.55 Å². The first kappa shape index (κ1) is 20.7. The average molecular weight is 436 g/mol. The highest BCUT2D eigenvalue weighted by atomic mass is 79.9. The molecule has 0 bridgehead atoms. The minimum Gasteiger partial charge on any atom is -0.291 e. The van der Waals surface area contributed by atoms with Crippen molar-refractivity contribution in [3.8, 4) is 0 Å². The zero-order chi connectivity index (χ0) is 19.3. The number of nitrogens with zero attached hydrogens (tertiary/aromatic N) is 2. The van der Waals surface area contributed by atoms with Crippen LogP contribution in [0.1, 0.15) is 43.9 Å². The van der Waals surface area contributed by atoms with Gasteiger partial charge in [0.15, 0.2) is 0 Å². The van der Waals surface area contributed by atoms with Crippen molar-refractivity contribution >= 4 is 38.4 Å². The molecule has 2 aromatic carbocycles. The molecule has 0 spiro atoms. The van der Waals surface area contributed by atoms with E-state index in [1.54, 1.807) is 22.8 Å². The fourth-order valence-corrected chi connectivity index (χ4v) is 3.15. The van der Waals surface area contributed by atoms with Crippen molar-refractivity contribution in [1.29, 1.82) is 0 Å². The minimum atomic E-state index is -0.0411. The summed E-state index contributed by atoms with van der Waals surface area (Å²) >= 11 is 9.77. The molecule has 0 fully saturated rings. The summed E-state index contributed by atoms with van der Waals surface area (Å²) in [5, 5.41) is 1.17. The van der Waals surface area contributed by atoms with Gasteiger partial charge in [-0.15, -0.1) is 0 Å². The van der Waals surface area contributed by atoms with Crippen molar-refractivity contribution in [2.75, 3.05) is 0 Å². The molecule has 0 N–H and O–H groups in total. The van der Waals surface area contributed by atoms with Crippen LogP contribution < -0.4 is 5.56 Å². The largest absolute Gasteiger partial charge is 0.291 e. The second-order valence-electron chi connectivity index (χ2n) is 6.15. The van der Waals surface area contributed by atoms with Crippen LogP contribution in [0.5, 0.6) is 0 Å². The Labute approximate surface area is 168 Å². The number of hydrogen-bond donors (Lipinski definition) is 0. The molecule has 1 unspecified atom stereocenters. The molecule has 0 radical (unpaired) electrons. The topological polar surface area (TPSA) is 34.9 Å². The Bertz CT molecular complexity index is 922. The SMILES string of the molecule is CC.CC(C)C(Br)c1nc2cc(Cl)ccc2c(=O)n1Cc1ccccc1. The summed E-state index contributed by atoms with van der Waals surface area (Å²) in [5.74, 6) is 1.03. The molecule has 0 amide bonds. The zero-order valence-electron chi connectivity index (χ0n) is 15.5. The molecular weight excluding hydrogens is 412 g/mol. The summed E-state index contributed by atoms with van der Waals surface area (Å²) in [5.41, 5.74) is 1.66. The third-order valence-electron chi connectivity index (χ3n) is 3.96. The van der Waals surface area contributed by atoms with E-state index in [0.29, 0.717) is 28.4 Å². The summed E-state index contributed by atoms with van der Waals surface area (Å²) in [7, 11) is 0. The fourth-order valence-electron chi connectivity index (χ4n) is 2.64. The zero-order valence-corrected chi connectivity index (χ0v) is 17.9. The van der Waals surface area contributed by atoms with Gasteiger partial charge in [-0.25, -0.2) is 4.98 Å². The highest BCUT2D eigenvalue weighted by Gasteiger charge is 2.20. The van der Waals surface area contributed by atoms with Gasteiger partial charge in [-0.1, -0.05) is 85.6 Å². The lowest BCUT2D eigenvalue weighted by Crippen LogP contribution is -2.27. The van der Waals surface area contributed by atoms with E-state index >= 15 is 0 Å². The van der Waals surface area contributed by atoms with E-state index in [1.165, 1.54) is 0 Å². The predicted octanol–water partition coefficient (Wildman–Crippen LogP) is 6.22.